The third-order valence-electron chi connectivity index (χ3n) is 4.81. The van der Waals surface area contributed by atoms with Gasteiger partial charge in [-0.1, -0.05) is 35.5 Å². The minimum Gasteiger partial charge on any atom is -0.477 e. The van der Waals surface area contributed by atoms with Gasteiger partial charge in [0.05, 0.1) is 18.1 Å². The molecule has 2 aromatic rings. The number of β-lactam (4-membered cyclic amide) rings is 1. The number of rotatable bonds is 4. The van der Waals surface area contributed by atoms with Crippen molar-refractivity contribution in [1.82, 2.24) is 10.1 Å². The molecule has 2 aliphatic rings. The molecule has 0 unspecified atom stereocenters. The number of benzene rings is 1. The SMILES string of the molecule is C[C@@H](O)[C@H]1C(=O)N2C(C(=O)O)=C(c3cc(-c4ccccc4)no3)C[C@H]12. The Morgan fingerprint density at radius 2 is 2.08 bits per heavy atom. The summed E-state index contributed by atoms with van der Waals surface area (Å²) in [7, 11) is 0. The Kier molecular flexibility index (Phi) is 3.47. The lowest BCUT2D eigenvalue weighted by molar-refractivity contribution is -0.161. The summed E-state index contributed by atoms with van der Waals surface area (Å²) in [6.07, 6.45) is -0.496. The summed E-state index contributed by atoms with van der Waals surface area (Å²) in [5.41, 5.74) is 1.81. The maximum absolute atomic E-state index is 12.2. The molecule has 1 aromatic carbocycles. The van der Waals surface area contributed by atoms with Crippen molar-refractivity contribution in [2.24, 2.45) is 5.92 Å². The van der Waals surface area contributed by atoms with Crippen LogP contribution in [0.1, 0.15) is 19.1 Å². The van der Waals surface area contributed by atoms with Crippen LogP contribution in [0.4, 0.5) is 0 Å². The Hall–Kier alpha value is -2.93. The zero-order chi connectivity index (χ0) is 17.7. The number of hydrogen-bond donors (Lipinski definition) is 2. The van der Waals surface area contributed by atoms with Crippen LogP contribution in [-0.2, 0) is 9.59 Å². The monoisotopic (exact) mass is 340 g/mol. The largest absolute Gasteiger partial charge is 0.477 e. The maximum Gasteiger partial charge on any atom is 0.353 e. The molecule has 3 atom stereocenters. The molecule has 7 heteroatoms. The standard InChI is InChI=1S/C18H16N2O5/c1-9(21)15-13-7-11(16(18(23)24)20(13)17(15)22)14-8-12(19-25-14)10-5-3-2-4-6-10/h2-6,8-9,13,15,21H,7H2,1H3,(H,23,24)/t9-,13-,15-/m1/s1. The average Bonchev–Trinajstić information content (AvgIpc) is 3.17. The van der Waals surface area contributed by atoms with Gasteiger partial charge >= 0.3 is 5.97 Å². The summed E-state index contributed by atoms with van der Waals surface area (Å²) in [4.78, 5) is 25.2. The summed E-state index contributed by atoms with van der Waals surface area (Å²) >= 11 is 0. The predicted octanol–water partition coefficient (Wildman–Crippen LogP) is 1.75. The van der Waals surface area contributed by atoms with Crippen molar-refractivity contribution in [3.63, 3.8) is 0 Å². The van der Waals surface area contributed by atoms with Crippen LogP contribution in [0.2, 0.25) is 0 Å². The minimum atomic E-state index is -1.19. The lowest BCUT2D eigenvalue weighted by Crippen LogP contribution is -2.61. The van der Waals surface area contributed by atoms with Crippen LogP contribution >= 0.6 is 0 Å². The van der Waals surface area contributed by atoms with Crippen molar-refractivity contribution in [3.05, 3.63) is 47.9 Å². The Bertz CT molecular complexity index is 884. The van der Waals surface area contributed by atoms with Crippen molar-refractivity contribution < 1.29 is 24.3 Å². The van der Waals surface area contributed by atoms with Crippen molar-refractivity contribution >= 4 is 17.4 Å². The van der Waals surface area contributed by atoms with E-state index in [1.165, 1.54) is 4.90 Å². The van der Waals surface area contributed by atoms with Gasteiger partial charge in [-0.05, 0) is 6.92 Å². The quantitative estimate of drug-likeness (QED) is 0.822. The van der Waals surface area contributed by atoms with Crippen LogP contribution in [0.3, 0.4) is 0 Å². The van der Waals surface area contributed by atoms with Gasteiger partial charge in [-0.3, -0.25) is 4.79 Å². The van der Waals surface area contributed by atoms with Crippen LogP contribution in [0.25, 0.3) is 16.8 Å². The molecule has 7 nitrogen and oxygen atoms in total. The van der Waals surface area contributed by atoms with Gasteiger partial charge in [0.25, 0.3) is 0 Å². The number of carboxylic acids is 1. The van der Waals surface area contributed by atoms with Crippen molar-refractivity contribution in [2.75, 3.05) is 0 Å². The van der Waals surface area contributed by atoms with Gasteiger partial charge < -0.3 is 19.6 Å². The normalized spacial score (nSPS) is 23.4. The van der Waals surface area contributed by atoms with Crippen LogP contribution in [-0.4, -0.2) is 44.3 Å². The molecule has 1 saturated heterocycles. The number of hydrogen-bond acceptors (Lipinski definition) is 5. The molecule has 0 saturated carbocycles. The zero-order valence-electron chi connectivity index (χ0n) is 13.4. The van der Waals surface area contributed by atoms with E-state index in [0.717, 1.165) is 5.56 Å². The second-order valence-electron chi connectivity index (χ2n) is 6.32. The van der Waals surface area contributed by atoms with Gasteiger partial charge in [-0.15, -0.1) is 0 Å². The second-order valence-corrected chi connectivity index (χ2v) is 6.32. The van der Waals surface area contributed by atoms with E-state index >= 15 is 0 Å². The fourth-order valence-corrected chi connectivity index (χ4v) is 3.65. The average molecular weight is 340 g/mol. The number of aliphatic hydroxyl groups excluding tert-OH is 1. The molecule has 128 valence electrons. The smallest absolute Gasteiger partial charge is 0.353 e. The van der Waals surface area contributed by atoms with Gasteiger partial charge in [0.2, 0.25) is 5.91 Å². The van der Waals surface area contributed by atoms with E-state index in [-0.39, 0.29) is 17.6 Å². The number of aliphatic hydroxyl groups is 1. The molecule has 2 N–H and O–H groups in total. The number of aliphatic carboxylic acids is 1. The third kappa shape index (κ3) is 2.27. The molecular formula is C18H16N2O5. The molecule has 0 spiro atoms. The Balaban J connectivity index is 1.72. The number of nitrogens with zero attached hydrogens (tertiary/aromatic N) is 2. The molecular weight excluding hydrogens is 324 g/mol. The maximum atomic E-state index is 12.2. The van der Waals surface area contributed by atoms with Crippen LogP contribution in [0.5, 0.6) is 0 Å². The lowest BCUT2D eigenvalue weighted by Gasteiger charge is -2.44. The van der Waals surface area contributed by atoms with Crippen LogP contribution in [0.15, 0.2) is 46.6 Å². The lowest BCUT2D eigenvalue weighted by atomic mass is 9.83. The zero-order valence-corrected chi connectivity index (χ0v) is 13.4. The van der Waals surface area contributed by atoms with Gasteiger partial charge in [0.1, 0.15) is 11.4 Å². The van der Waals surface area contributed by atoms with Gasteiger partial charge in [-0.25, -0.2) is 4.79 Å². The Morgan fingerprint density at radius 3 is 2.72 bits per heavy atom. The molecule has 0 bridgehead atoms. The number of carboxylic acid groups (broad SMARTS) is 1. The van der Waals surface area contributed by atoms with Crippen molar-refractivity contribution in [2.45, 2.75) is 25.5 Å². The number of amides is 1. The first-order valence-electron chi connectivity index (χ1n) is 7.99. The van der Waals surface area contributed by atoms with E-state index in [0.29, 0.717) is 23.4 Å². The van der Waals surface area contributed by atoms with Crippen molar-refractivity contribution in [3.8, 4) is 11.3 Å². The predicted molar refractivity (Wildman–Crippen MR) is 86.9 cm³/mol. The number of fused-ring (bicyclic) bond motifs is 1. The van der Waals surface area contributed by atoms with Crippen LogP contribution in [0, 0.1) is 5.92 Å². The van der Waals surface area contributed by atoms with E-state index in [2.05, 4.69) is 5.16 Å². The van der Waals surface area contributed by atoms with E-state index in [9.17, 15) is 19.8 Å². The Morgan fingerprint density at radius 1 is 1.36 bits per heavy atom. The van der Waals surface area contributed by atoms with E-state index in [4.69, 9.17) is 4.52 Å². The molecule has 1 aromatic heterocycles. The fraction of sp³-hybridized carbons (Fsp3) is 0.278. The first-order valence-corrected chi connectivity index (χ1v) is 7.99. The topological polar surface area (TPSA) is 104 Å². The highest BCUT2D eigenvalue weighted by Crippen LogP contribution is 2.47. The molecule has 1 fully saturated rings. The third-order valence-corrected chi connectivity index (χ3v) is 4.81. The van der Waals surface area contributed by atoms with Crippen LogP contribution < -0.4 is 0 Å². The summed E-state index contributed by atoms with van der Waals surface area (Å²) in [5.74, 6) is -1.80. The molecule has 2 aliphatic heterocycles. The summed E-state index contributed by atoms with van der Waals surface area (Å²) in [5, 5.41) is 23.3. The van der Waals surface area contributed by atoms with Gasteiger partial charge in [0.15, 0.2) is 5.76 Å². The molecule has 0 aliphatic carbocycles. The highest BCUT2D eigenvalue weighted by molar-refractivity contribution is 6.05. The molecule has 1 amide bonds. The van der Waals surface area contributed by atoms with E-state index in [1.807, 2.05) is 30.3 Å². The van der Waals surface area contributed by atoms with Crippen molar-refractivity contribution in [1.29, 1.82) is 0 Å². The first kappa shape index (κ1) is 15.6. The molecule has 0 radical (unpaired) electrons. The van der Waals surface area contributed by atoms with Gasteiger partial charge in [-0.2, -0.15) is 0 Å². The molecule has 4 rings (SSSR count). The summed E-state index contributed by atoms with van der Waals surface area (Å²) in [6, 6.07) is 10.7. The Labute approximate surface area is 143 Å². The summed E-state index contributed by atoms with van der Waals surface area (Å²) in [6.45, 7) is 1.54. The number of aromatic nitrogens is 1. The highest BCUT2D eigenvalue weighted by atomic mass is 16.5. The molecule has 3 heterocycles. The fourth-order valence-electron chi connectivity index (χ4n) is 3.65. The number of carbonyl (C=O) groups excluding carboxylic acids is 1. The van der Waals surface area contributed by atoms with Gasteiger partial charge in [0, 0.05) is 23.6 Å². The highest BCUT2D eigenvalue weighted by Gasteiger charge is 2.57. The second kappa shape index (κ2) is 5.56. The van der Waals surface area contributed by atoms with E-state index in [1.54, 1.807) is 13.0 Å². The number of carbonyl (C=O) groups is 2. The molecule has 25 heavy (non-hydrogen) atoms. The minimum absolute atomic E-state index is 0.0809. The van der Waals surface area contributed by atoms with E-state index < -0.39 is 18.0 Å². The first-order chi connectivity index (χ1) is 12.0. The summed E-state index contributed by atoms with van der Waals surface area (Å²) < 4.78 is 5.37.